The number of anilines is 1. The van der Waals surface area contributed by atoms with Crippen molar-refractivity contribution in [2.24, 2.45) is 13.0 Å². The Bertz CT molecular complexity index is 1060. The van der Waals surface area contributed by atoms with Crippen LogP contribution in [0.2, 0.25) is 0 Å². The summed E-state index contributed by atoms with van der Waals surface area (Å²) in [5.41, 5.74) is 3.96. The fourth-order valence-electron chi connectivity index (χ4n) is 4.96. The summed E-state index contributed by atoms with van der Waals surface area (Å²) < 4.78 is 7.98. The lowest BCUT2D eigenvalue weighted by Gasteiger charge is -2.31. The molecule has 33 heavy (non-hydrogen) atoms. The third-order valence-electron chi connectivity index (χ3n) is 6.76. The van der Waals surface area contributed by atoms with Gasteiger partial charge in [-0.05, 0) is 62.4 Å². The van der Waals surface area contributed by atoms with Gasteiger partial charge in [0, 0.05) is 43.7 Å². The van der Waals surface area contributed by atoms with E-state index in [0.717, 1.165) is 41.3 Å². The second-order valence-electron chi connectivity index (χ2n) is 9.35. The van der Waals surface area contributed by atoms with Crippen molar-refractivity contribution in [3.63, 3.8) is 0 Å². The molecule has 1 aromatic carbocycles. The normalized spacial score (nSPS) is 15.4. The van der Waals surface area contributed by atoms with Crippen molar-refractivity contribution in [2.75, 3.05) is 18.9 Å². The Balaban J connectivity index is 1.58. The highest BCUT2D eigenvalue weighted by atomic mass is 16.3. The van der Waals surface area contributed by atoms with E-state index in [-0.39, 0.29) is 11.9 Å². The molecule has 1 N–H and O–H groups in total. The van der Waals surface area contributed by atoms with Crippen LogP contribution < -0.4 is 5.32 Å². The van der Waals surface area contributed by atoms with E-state index in [1.807, 2.05) is 50.8 Å². The molecule has 1 saturated carbocycles. The number of hydrogen-bond donors (Lipinski definition) is 1. The molecule has 1 aliphatic rings. The fourth-order valence-corrected chi connectivity index (χ4v) is 4.96. The van der Waals surface area contributed by atoms with Gasteiger partial charge in [-0.1, -0.05) is 26.2 Å². The summed E-state index contributed by atoms with van der Waals surface area (Å²) in [4.78, 5) is 14.4. The number of hydrogen-bond acceptors (Lipinski definition) is 4. The number of carbonyl (C=O) groups excluding carboxylic acids is 1. The van der Waals surface area contributed by atoms with Crippen LogP contribution in [-0.2, 0) is 7.05 Å². The third-order valence-corrected chi connectivity index (χ3v) is 6.76. The molecule has 0 radical (unpaired) electrons. The van der Waals surface area contributed by atoms with E-state index >= 15 is 0 Å². The number of furan rings is 1. The van der Waals surface area contributed by atoms with Crippen LogP contribution in [0.15, 0.2) is 47.1 Å². The molecule has 1 unspecified atom stereocenters. The second kappa shape index (κ2) is 10.3. The van der Waals surface area contributed by atoms with Gasteiger partial charge in [-0.2, -0.15) is 5.10 Å². The van der Waals surface area contributed by atoms with Crippen molar-refractivity contribution in [3.05, 3.63) is 59.6 Å². The minimum absolute atomic E-state index is 0.0685. The molecule has 3 aromatic rings. The number of amides is 1. The smallest absolute Gasteiger partial charge is 0.253 e. The van der Waals surface area contributed by atoms with Crippen LogP contribution in [0.4, 0.5) is 5.69 Å². The summed E-state index contributed by atoms with van der Waals surface area (Å²) in [5, 5.41) is 8.08. The molecule has 1 atom stereocenters. The fraction of sp³-hybridized carbons (Fsp3) is 0.481. The summed E-state index contributed by atoms with van der Waals surface area (Å²) in [5.74, 6) is 2.43. The Morgan fingerprint density at radius 3 is 2.61 bits per heavy atom. The lowest BCUT2D eigenvalue weighted by Crippen LogP contribution is -2.27. The minimum Gasteiger partial charge on any atom is -0.461 e. The van der Waals surface area contributed by atoms with Gasteiger partial charge >= 0.3 is 0 Å². The number of aryl methyl sites for hydroxylation is 2. The van der Waals surface area contributed by atoms with Crippen molar-refractivity contribution < 1.29 is 9.21 Å². The van der Waals surface area contributed by atoms with Gasteiger partial charge < -0.3 is 14.6 Å². The molecule has 0 saturated heterocycles. The molecule has 1 fully saturated rings. The summed E-state index contributed by atoms with van der Waals surface area (Å²) in [7, 11) is 3.78. The summed E-state index contributed by atoms with van der Waals surface area (Å²) >= 11 is 0. The first-order valence-electron chi connectivity index (χ1n) is 12.2. The molecule has 0 aliphatic heterocycles. The maximum Gasteiger partial charge on any atom is 0.253 e. The van der Waals surface area contributed by atoms with E-state index in [1.165, 1.54) is 37.7 Å². The molecule has 0 bridgehead atoms. The van der Waals surface area contributed by atoms with Crippen molar-refractivity contribution in [1.82, 2.24) is 14.7 Å². The first-order valence-corrected chi connectivity index (χ1v) is 12.2. The zero-order chi connectivity index (χ0) is 23.4. The van der Waals surface area contributed by atoms with Crippen LogP contribution in [0.3, 0.4) is 0 Å². The van der Waals surface area contributed by atoms with Crippen molar-refractivity contribution in [3.8, 4) is 11.3 Å². The zero-order valence-electron chi connectivity index (χ0n) is 20.3. The quantitative estimate of drug-likeness (QED) is 0.445. The average molecular weight is 449 g/mol. The highest BCUT2D eigenvalue weighted by molar-refractivity contribution is 5.94. The minimum atomic E-state index is 0.0685. The Labute approximate surface area is 197 Å². The molecule has 1 aliphatic carbocycles. The van der Waals surface area contributed by atoms with Gasteiger partial charge in [0.25, 0.3) is 5.91 Å². The summed E-state index contributed by atoms with van der Waals surface area (Å²) in [6, 6.07) is 10.3. The maximum atomic E-state index is 12.6. The Morgan fingerprint density at radius 1 is 1.24 bits per heavy atom. The first kappa shape index (κ1) is 23.1. The molecular formula is C27H36N4O2. The molecule has 2 aromatic heterocycles. The summed E-state index contributed by atoms with van der Waals surface area (Å²) in [6.07, 6.45) is 11.1. The van der Waals surface area contributed by atoms with Crippen molar-refractivity contribution >= 4 is 11.6 Å². The van der Waals surface area contributed by atoms with Crippen molar-refractivity contribution in [1.29, 1.82) is 0 Å². The lowest BCUT2D eigenvalue weighted by molar-refractivity contribution is 0.0795. The Hall–Kier alpha value is -3.02. The van der Waals surface area contributed by atoms with Crippen LogP contribution in [0.5, 0.6) is 0 Å². The third kappa shape index (κ3) is 5.32. The molecule has 176 valence electrons. The van der Waals surface area contributed by atoms with Crippen LogP contribution in [-0.4, -0.2) is 34.2 Å². The van der Waals surface area contributed by atoms with E-state index in [4.69, 9.17) is 4.42 Å². The predicted molar refractivity (Wildman–Crippen MR) is 132 cm³/mol. The monoisotopic (exact) mass is 448 g/mol. The first-order chi connectivity index (χ1) is 16.0. The van der Waals surface area contributed by atoms with E-state index in [2.05, 4.69) is 30.3 Å². The van der Waals surface area contributed by atoms with E-state index in [1.54, 1.807) is 9.58 Å². The average Bonchev–Trinajstić information content (AvgIpc) is 3.43. The zero-order valence-corrected chi connectivity index (χ0v) is 20.3. The van der Waals surface area contributed by atoms with Crippen LogP contribution in [0.25, 0.3) is 11.3 Å². The largest absolute Gasteiger partial charge is 0.461 e. The van der Waals surface area contributed by atoms with Gasteiger partial charge in [0.05, 0.1) is 17.8 Å². The van der Waals surface area contributed by atoms with Crippen molar-refractivity contribution in [2.45, 2.75) is 58.4 Å². The van der Waals surface area contributed by atoms with Crippen LogP contribution in [0, 0.1) is 12.8 Å². The van der Waals surface area contributed by atoms with Gasteiger partial charge in [-0.3, -0.25) is 9.48 Å². The molecule has 1 amide bonds. The highest BCUT2D eigenvalue weighted by Gasteiger charge is 2.29. The van der Waals surface area contributed by atoms with Gasteiger partial charge in [-0.15, -0.1) is 0 Å². The van der Waals surface area contributed by atoms with E-state index in [9.17, 15) is 4.79 Å². The Kier molecular flexibility index (Phi) is 7.21. The van der Waals surface area contributed by atoms with Gasteiger partial charge in [0.15, 0.2) is 0 Å². The predicted octanol–water partition coefficient (Wildman–Crippen LogP) is 6.20. The van der Waals surface area contributed by atoms with Gasteiger partial charge in [-0.25, -0.2) is 0 Å². The highest BCUT2D eigenvalue weighted by Crippen LogP contribution is 2.40. The molecular weight excluding hydrogens is 412 g/mol. The lowest BCUT2D eigenvalue weighted by atomic mass is 9.81. The van der Waals surface area contributed by atoms with E-state index in [0.29, 0.717) is 5.92 Å². The molecule has 0 spiro atoms. The maximum absolute atomic E-state index is 12.6. The number of nitrogens with zero attached hydrogens (tertiary/aromatic N) is 3. The van der Waals surface area contributed by atoms with E-state index < -0.39 is 0 Å². The van der Waals surface area contributed by atoms with Crippen LogP contribution in [0.1, 0.15) is 73.2 Å². The standard InChI is InChI=1S/C27H36N4O2/c1-5-15-30(3)27(32)21-11-13-23(14-12-21)29-26(20-9-7-6-8-10-20)24-16-25(33-19(24)2)22-17-28-31(4)18-22/h11-14,16-18,20,26,29H,5-10,15H2,1-4H3. The van der Waals surface area contributed by atoms with Gasteiger partial charge in [0.2, 0.25) is 0 Å². The number of rotatable bonds is 8. The second-order valence-corrected chi connectivity index (χ2v) is 9.35. The molecule has 4 rings (SSSR count). The number of aromatic nitrogens is 2. The molecule has 6 heteroatoms. The summed E-state index contributed by atoms with van der Waals surface area (Å²) in [6.45, 7) is 4.90. The van der Waals surface area contributed by atoms with Gasteiger partial charge in [0.1, 0.15) is 11.5 Å². The number of carbonyl (C=O) groups is 1. The SMILES string of the molecule is CCCN(C)C(=O)c1ccc(NC(c2cc(-c3cnn(C)c3)oc2C)C2CCCCC2)cc1. The number of benzene rings is 1. The molecule has 6 nitrogen and oxygen atoms in total. The topological polar surface area (TPSA) is 63.3 Å². The Morgan fingerprint density at radius 2 is 1.97 bits per heavy atom. The van der Waals surface area contributed by atoms with Crippen LogP contribution >= 0.6 is 0 Å². The molecule has 2 heterocycles. The number of nitrogens with one attached hydrogen (secondary N) is 1.